The van der Waals surface area contributed by atoms with E-state index in [0.717, 1.165) is 0 Å². The van der Waals surface area contributed by atoms with Crippen molar-refractivity contribution in [3.05, 3.63) is 6.65 Å². The van der Waals surface area contributed by atoms with Crippen molar-refractivity contribution in [1.82, 2.24) is 0 Å². The zero-order valence-corrected chi connectivity index (χ0v) is 6.35. The van der Waals surface area contributed by atoms with E-state index in [1.807, 2.05) is 0 Å². The van der Waals surface area contributed by atoms with Gasteiger partial charge in [-0.15, -0.1) is 0 Å². The molecule has 2 nitrogen and oxygen atoms in total. The summed E-state index contributed by atoms with van der Waals surface area (Å²) < 4.78 is 6.61. The number of hydrogen-bond donors (Lipinski definition) is 0. The van der Waals surface area contributed by atoms with Gasteiger partial charge < -0.3 is 0 Å². The SMILES string of the molecule is ClCl.O=C(Cl)Cl.[C-]#[O+]. The molecule has 0 rings (SSSR count). The third kappa shape index (κ3) is 627. The van der Waals surface area contributed by atoms with Crippen LogP contribution < -0.4 is 0 Å². The van der Waals surface area contributed by atoms with Crippen molar-refractivity contribution in [2.45, 2.75) is 0 Å². The maximum atomic E-state index is 8.98. The van der Waals surface area contributed by atoms with E-state index in [9.17, 15) is 0 Å². The maximum absolute atomic E-state index is 8.98. The van der Waals surface area contributed by atoms with Gasteiger partial charge in [0.15, 0.2) is 0 Å². The molecule has 0 aliphatic carbocycles. The van der Waals surface area contributed by atoms with Crippen molar-refractivity contribution in [3.8, 4) is 0 Å². The van der Waals surface area contributed by atoms with Gasteiger partial charge in [0, 0.05) is 21.7 Å². The molecular weight excluding hydrogens is 198 g/mol. The summed E-state index contributed by atoms with van der Waals surface area (Å²) in [4.78, 5) is 8.98. The molecule has 6 heteroatoms. The number of rotatable bonds is 0. The topological polar surface area (TPSA) is 37.0 Å². The molecule has 0 bridgehead atoms. The van der Waals surface area contributed by atoms with Gasteiger partial charge in [0.05, 0.1) is 0 Å². The Morgan fingerprint density at radius 2 is 1.25 bits per heavy atom. The van der Waals surface area contributed by atoms with Gasteiger partial charge in [-0.3, -0.25) is 4.79 Å². The van der Waals surface area contributed by atoms with Gasteiger partial charge in [0.1, 0.15) is 0 Å². The van der Waals surface area contributed by atoms with Crippen molar-refractivity contribution >= 4 is 49.6 Å². The first-order chi connectivity index (χ1) is 3.73. The number of carbonyl (C=O) groups excluding carboxylic acids is 1. The van der Waals surface area contributed by atoms with Gasteiger partial charge in [-0.25, -0.2) is 0 Å². The van der Waals surface area contributed by atoms with Crippen molar-refractivity contribution in [2.24, 2.45) is 0 Å². The molecule has 0 aromatic rings. The monoisotopic (exact) mass is 196 g/mol. The molecule has 0 unspecified atom stereocenters. The van der Waals surface area contributed by atoms with E-state index < -0.39 is 4.70 Å². The van der Waals surface area contributed by atoms with Gasteiger partial charge >= 0.3 is 16.0 Å². The summed E-state index contributed by atoms with van der Waals surface area (Å²) in [5.41, 5.74) is 0. The molecule has 0 aliphatic rings. The van der Waals surface area contributed by atoms with Crippen LogP contribution >= 0.6 is 44.9 Å². The van der Waals surface area contributed by atoms with Crippen LogP contribution in [-0.2, 0) is 4.65 Å². The Labute approximate surface area is 66.0 Å². The van der Waals surface area contributed by atoms with Crippen LogP contribution in [0.3, 0.4) is 0 Å². The molecule has 0 spiro atoms. The second-order valence-corrected chi connectivity index (χ2v) is 1.11. The van der Waals surface area contributed by atoms with Gasteiger partial charge in [0.25, 0.3) is 0 Å². The Bertz CT molecular complexity index is 56.3. The van der Waals surface area contributed by atoms with E-state index in [1.165, 1.54) is 0 Å². The Balaban J connectivity index is -0.0000000542. The molecule has 0 aliphatic heterocycles. The molecule has 8 heavy (non-hydrogen) atoms. The Morgan fingerprint density at radius 3 is 1.25 bits per heavy atom. The summed E-state index contributed by atoms with van der Waals surface area (Å²) in [6.07, 6.45) is 0. The molecule has 0 aromatic heterocycles. The Kier molecular flexibility index (Phi) is 50.7. The Morgan fingerprint density at radius 1 is 1.25 bits per heavy atom. The molecule has 0 radical (unpaired) electrons. The average molecular weight is 198 g/mol. The number of carbonyl (C=O) groups is 1. The first-order valence-corrected chi connectivity index (χ1v) is 2.83. The predicted octanol–water partition coefficient (Wildman–Crippen LogP) is 2.93. The zero-order chi connectivity index (χ0) is 7.58. The molecule has 0 N–H and O–H groups in total. The van der Waals surface area contributed by atoms with E-state index >= 15 is 0 Å². The van der Waals surface area contributed by atoms with E-state index in [0.29, 0.717) is 0 Å². The summed E-state index contributed by atoms with van der Waals surface area (Å²) in [5.74, 6) is 0. The number of hydrogen-bond acceptors (Lipinski definition) is 1. The van der Waals surface area contributed by atoms with Crippen LogP contribution in [0, 0.1) is 6.65 Å². The van der Waals surface area contributed by atoms with Crippen molar-refractivity contribution in [3.63, 3.8) is 0 Å². The number of halogens is 4. The second kappa shape index (κ2) is 25.6. The molecule has 0 heterocycles. The quantitative estimate of drug-likeness (QED) is 0.334. The molecule has 0 atom stereocenters. The van der Waals surface area contributed by atoms with Gasteiger partial charge in [-0.2, -0.15) is 0 Å². The van der Waals surface area contributed by atoms with E-state index in [4.69, 9.17) is 9.45 Å². The van der Waals surface area contributed by atoms with Crippen LogP contribution in [0.1, 0.15) is 0 Å². The minimum absolute atomic E-state index is 0.889. The van der Waals surface area contributed by atoms with E-state index in [2.05, 4.69) is 51.6 Å². The minimum atomic E-state index is -0.889. The van der Waals surface area contributed by atoms with E-state index in [-0.39, 0.29) is 0 Å². The molecule has 48 valence electrons. The van der Waals surface area contributed by atoms with Gasteiger partial charge in [0.2, 0.25) is 0 Å². The van der Waals surface area contributed by atoms with Gasteiger partial charge in [-0.05, 0) is 23.2 Å². The van der Waals surface area contributed by atoms with Crippen molar-refractivity contribution in [1.29, 1.82) is 0 Å². The van der Waals surface area contributed by atoms with Crippen LogP contribution in [0.15, 0.2) is 0 Å². The van der Waals surface area contributed by atoms with Crippen LogP contribution in [0.2, 0.25) is 0 Å². The van der Waals surface area contributed by atoms with Crippen LogP contribution in [-0.4, -0.2) is 4.70 Å². The molecule has 0 fully saturated rings. The van der Waals surface area contributed by atoms with Gasteiger partial charge in [-0.1, -0.05) is 0 Å². The Hall–Kier alpha value is 0.570. The predicted molar refractivity (Wildman–Crippen MR) is 32.7 cm³/mol. The van der Waals surface area contributed by atoms with E-state index in [1.54, 1.807) is 0 Å². The molecule has 0 saturated carbocycles. The molecule has 0 aromatic carbocycles. The first-order valence-electron chi connectivity index (χ1n) is 0.929. The average Bonchev–Trinajstić information content (AvgIpc) is 1.75. The zero-order valence-electron chi connectivity index (χ0n) is 3.33. The third-order valence-corrected chi connectivity index (χ3v) is 0. The molecule has 0 saturated heterocycles. The second-order valence-electron chi connectivity index (χ2n) is 0.226. The summed E-state index contributed by atoms with van der Waals surface area (Å²) >= 11 is 8.80. The fraction of sp³-hybridized carbons (Fsp3) is 0. The van der Waals surface area contributed by atoms with Crippen molar-refractivity contribution in [2.75, 3.05) is 0 Å². The van der Waals surface area contributed by atoms with Crippen LogP contribution in [0.25, 0.3) is 0 Å². The first kappa shape index (κ1) is 15.8. The van der Waals surface area contributed by atoms with Crippen LogP contribution in [0.4, 0.5) is 4.79 Å². The van der Waals surface area contributed by atoms with Crippen LogP contribution in [0.5, 0.6) is 0 Å². The standard InChI is InChI=1S/CCl2O.CO.Cl2/c2-1(3)4;2*1-2. The van der Waals surface area contributed by atoms with Crippen molar-refractivity contribution < 1.29 is 9.45 Å². The summed E-state index contributed by atoms with van der Waals surface area (Å²) in [5, 5.41) is 0. The summed E-state index contributed by atoms with van der Waals surface area (Å²) in [6.45, 7) is 4.50. The summed E-state index contributed by atoms with van der Waals surface area (Å²) in [7, 11) is 8.22. The fourth-order valence-electron chi connectivity index (χ4n) is 0. The normalized spacial score (nSPS) is 4.25. The molecular formula is C2Cl4O2. The molecule has 0 amide bonds. The third-order valence-electron chi connectivity index (χ3n) is 0. The summed E-state index contributed by atoms with van der Waals surface area (Å²) in [6, 6.07) is 0. The fourth-order valence-corrected chi connectivity index (χ4v) is 0.